The van der Waals surface area contributed by atoms with Crippen LogP contribution < -0.4 is 10.1 Å². The molecule has 0 aliphatic carbocycles. The maximum atomic E-state index is 6.17. The summed E-state index contributed by atoms with van der Waals surface area (Å²) in [4.78, 5) is 0. The van der Waals surface area contributed by atoms with Crippen LogP contribution in [0.2, 0.25) is 5.02 Å². The monoisotopic (exact) mass is 341 g/mol. The van der Waals surface area contributed by atoms with Gasteiger partial charge in [-0.05, 0) is 48.9 Å². The third-order valence-electron chi connectivity index (χ3n) is 3.83. The minimum absolute atomic E-state index is 0.578. The van der Waals surface area contributed by atoms with Gasteiger partial charge < -0.3 is 14.5 Å². The molecular weight excluding hydrogens is 322 g/mol. The van der Waals surface area contributed by atoms with Crippen molar-refractivity contribution in [3.05, 3.63) is 77.0 Å². The molecule has 1 aromatic heterocycles. The number of rotatable bonds is 7. The van der Waals surface area contributed by atoms with Crippen LogP contribution in [0.5, 0.6) is 5.75 Å². The lowest BCUT2D eigenvalue weighted by molar-refractivity contribution is 0.415. The molecule has 3 nitrogen and oxygen atoms in total. The molecule has 0 aliphatic heterocycles. The number of furan rings is 1. The molecule has 0 bridgehead atoms. The zero-order valence-corrected chi connectivity index (χ0v) is 14.3. The summed E-state index contributed by atoms with van der Waals surface area (Å²) < 4.78 is 11.1. The number of nitrogens with one attached hydrogen (secondary N) is 1. The van der Waals surface area contributed by atoms with Gasteiger partial charge in [-0.15, -0.1) is 0 Å². The first-order chi connectivity index (χ1) is 11.8. The summed E-state index contributed by atoms with van der Waals surface area (Å²) in [5, 5.41) is 3.98. The predicted molar refractivity (Wildman–Crippen MR) is 97.6 cm³/mol. The Morgan fingerprint density at radius 1 is 1.04 bits per heavy atom. The highest BCUT2D eigenvalue weighted by molar-refractivity contribution is 6.32. The van der Waals surface area contributed by atoms with Gasteiger partial charge >= 0.3 is 0 Å². The maximum absolute atomic E-state index is 6.17. The van der Waals surface area contributed by atoms with Crippen LogP contribution in [0, 0.1) is 0 Å². The SMILES string of the molecule is COc1ccc(-c2ccc(CNCCc3ccccc3)o2)cc1Cl. The average molecular weight is 342 g/mol. The molecule has 0 saturated heterocycles. The van der Waals surface area contributed by atoms with Crippen LogP contribution in [0.1, 0.15) is 11.3 Å². The number of ether oxygens (including phenoxy) is 1. The quantitative estimate of drug-likeness (QED) is 0.618. The Hall–Kier alpha value is -2.23. The molecule has 3 rings (SSSR count). The largest absolute Gasteiger partial charge is 0.495 e. The van der Waals surface area contributed by atoms with Gasteiger partial charge in [-0.3, -0.25) is 0 Å². The van der Waals surface area contributed by atoms with Gasteiger partial charge in [0, 0.05) is 5.56 Å². The highest BCUT2D eigenvalue weighted by atomic mass is 35.5. The fraction of sp³-hybridized carbons (Fsp3) is 0.200. The second kappa shape index (κ2) is 8.04. The Balaban J connectivity index is 1.55. The molecule has 0 radical (unpaired) electrons. The average Bonchev–Trinajstić information content (AvgIpc) is 3.08. The van der Waals surface area contributed by atoms with Crippen molar-refractivity contribution in [1.29, 1.82) is 0 Å². The Kier molecular flexibility index (Phi) is 5.57. The van der Waals surface area contributed by atoms with Crippen LogP contribution in [0.4, 0.5) is 0 Å². The molecule has 0 unspecified atom stereocenters. The van der Waals surface area contributed by atoms with Crippen LogP contribution in [0.15, 0.2) is 65.1 Å². The van der Waals surface area contributed by atoms with E-state index in [2.05, 4.69) is 29.6 Å². The van der Waals surface area contributed by atoms with E-state index in [0.29, 0.717) is 17.3 Å². The zero-order valence-electron chi connectivity index (χ0n) is 13.6. The van der Waals surface area contributed by atoms with Crippen LogP contribution in [0.25, 0.3) is 11.3 Å². The summed E-state index contributed by atoms with van der Waals surface area (Å²) in [6.45, 7) is 1.62. The normalized spacial score (nSPS) is 10.8. The molecule has 24 heavy (non-hydrogen) atoms. The molecule has 0 saturated carbocycles. The molecule has 3 aromatic rings. The van der Waals surface area contributed by atoms with E-state index in [-0.39, 0.29) is 0 Å². The van der Waals surface area contributed by atoms with E-state index in [0.717, 1.165) is 30.0 Å². The van der Waals surface area contributed by atoms with Gasteiger partial charge in [-0.25, -0.2) is 0 Å². The summed E-state index contributed by atoms with van der Waals surface area (Å²) in [6.07, 6.45) is 1.00. The van der Waals surface area contributed by atoms with Crippen molar-refractivity contribution in [3.8, 4) is 17.1 Å². The predicted octanol–water partition coefficient (Wildman–Crippen LogP) is 4.94. The third kappa shape index (κ3) is 4.19. The molecule has 1 heterocycles. The van der Waals surface area contributed by atoms with Crippen LogP contribution in [-0.2, 0) is 13.0 Å². The zero-order chi connectivity index (χ0) is 16.8. The minimum atomic E-state index is 0.578. The first-order valence-electron chi connectivity index (χ1n) is 7.93. The van der Waals surface area contributed by atoms with Crippen LogP contribution >= 0.6 is 11.6 Å². The van der Waals surface area contributed by atoms with Gasteiger partial charge in [-0.2, -0.15) is 0 Å². The summed E-state index contributed by atoms with van der Waals surface area (Å²) in [6, 6.07) is 20.0. The summed E-state index contributed by atoms with van der Waals surface area (Å²) in [7, 11) is 1.60. The lowest BCUT2D eigenvalue weighted by Crippen LogP contribution is -2.16. The highest BCUT2D eigenvalue weighted by Gasteiger charge is 2.08. The van der Waals surface area contributed by atoms with E-state index in [1.165, 1.54) is 5.56 Å². The molecular formula is C20H20ClNO2. The van der Waals surface area contributed by atoms with Crippen molar-refractivity contribution in [2.75, 3.05) is 13.7 Å². The Morgan fingerprint density at radius 2 is 1.88 bits per heavy atom. The van der Waals surface area contributed by atoms with Gasteiger partial charge in [0.15, 0.2) is 0 Å². The number of hydrogen-bond acceptors (Lipinski definition) is 3. The Morgan fingerprint density at radius 3 is 2.62 bits per heavy atom. The lowest BCUT2D eigenvalue weighted by atomic mass is 10.1. The first kappa shape index (κ1) is 16.6. The van der Waals surface area contributed by atoms with Gasteiger partial charge in [0.05, 0.1) is 18.7 Å². The highest BCUT2D eigenvalue weighted by Crippen LogP contribution is 2.31. The van der Waals surface area contributed by atoms with Crippen LogP contribution in [-0.4, -0.2) is 13.7 Å². The van der Waals surface area contributed by atoms with E-state index in [9.17, 15) is 0 Å². The van der Waals surface area contributed by atoms with E-state index < -0.39 is 0 Å². The third-order valence-corrected chi connectivity index (χ3v) is 4.13. The van der Waals surface area contributed by atoms with Crippen molar-refractivity contribution in [2.24, 2.45) is 0 Å². The molecule has 2 aromatic carbocycles. The molecule has 124 valence electrons. The topological polar surface area (TPSA) is 34.4 Å². The summed E-state index contributed by atoms with van der Waals surface area (Å²) in [5.41, 5.74) is 2.27. The number of methoxy groups -OCH3 is 1. The van der Waals surface area contributed by atoms with Crippen LogP contribution in [0.3, 0.4) is 0 Å². The van der Waals surface area contributed by atoms with Crippen molar-refractivity contribution < 1.29 is 9.15 Å². The number of halogens is 1. The minimum Gasteiger partial charge on any atom is -0.495 e. The smallest absolute Gasteiger partial charge is 0.137 e. The molecule has 4 heteroatoms. The molecule has 0 spiro atoms. The lowest BCUT2D eigenvalue weighted by Gasteiger charge is -2.05. The molecule has 1 N–H and O–H groups in total. The van der Waals surface area contributed by atoms with Gasteiger partial charge in [0.1, 0.15) is 17.3 Å². The summed E-state index contributed by atoms with van der Waals surface area (Å²) >= 11 is 6.17. The van der Waals surface area contributed by atoms with Crippen molar-refractivity contribution in [1.82, 2.24) is 5.32 Å². The van der Waals surface area contributed by atoms with Crippen molar-refractivity contribution in [2.45, 2.75) is 13.0 Å². The van der Waals surface area contributed by atoms with E-state index in [4.69, 9.17) is 20.8 Å². The van der Waals surface area contributed by atoms with E-state index in [1.54, 1.807) is 7.11 Å². The second-order valence-electron chi connectivity index (χ2n) is 5.53. The standard InChI is InChI=1S/C20H20ClNO2/c1-23-20-9-7-16(13-18(20)21)19-10-8-17(24-19)14-22-12-11-15-5-3-2-4-6-15/h2-10,13,22H,11-12,14H2,1H3. The van der Waals surface area contributed by atoms with Gasteiger partial charge in [0.2, 0.25) is 0 Å². The molecule has 0 amide bonds. The second-order valence-corrected chi connectivity index (χ2v) is 5.93. The Labute approximate surface area is 147 Å². The number of hydrogen-bond donors (Lipinski definition) is 1. The van der Waals surface area contributed by atoms with E-state index >= 15 is 0 Å². The van der Waals surface area contributed by atoms with E-state index in [1.807, 2.05) is 36.4 Å². The number of benzene rings is 2. The van der Waals surface area contributed by atoms with Crippen molar-refractivity contribution >= 4 is 11.6 Å². The first-order valence-corrected chi connectivity index (χ1v) is 8.31. The molecule has 0 fully saturated rings. The van der Waals surface area contributed by atoms with Gasteiger partial charge in [-0.1, -0.05) is 41.9 Å². The Bertz CT molecular complexity index is 783. The molecule has 0 atom stereocenters. The summed E-state index contributed by atoms with van der Waals surface area (Å²) in [5.74, 6) is 2.37. The fourth-order valence-electron chi connectivity index (χ4n) is 2.54. The van der Waals surface area contributed by atoms with Gasteiger partial charge in [0.25, 0.3) is 0 Å². The fourth-order valence-corrected chi connectivity index (χ4v) is 2.79. The maximum Gasteiger partial charge on any atom is 0.137 e. The molecule has 0 aliphatic rings. The van der Waals surface area contributed by atoms with Crippen molar-refractivity contribution in [3.63, 3.8) is 0 Å².